The Kier molecular flexibility index (Phi) is 5.75. The molecule has 2 fully saturated rings. The Labute approximate surface area is 192 Å². The molecule has 0 spiro atoms. The average Bonchev–Trinajstić information content (AvgIpc) is 3.75. The van der Waals surface area contributed by atoms with E-state index in [2.05, 4.69) is 11.2 Å². The van der Waals surface area contributed by atoms with Gasteiger partial charge >= 0.3 is 5.97 Å². The molecule has 1 heterocycles. The fraction of sp³-hybridized carbons (Fsp3) is 0.333. The van der Waals surface area contributed by atoms with E-state index >= 15 is 0 Å². The Morgan fingerprint density at radius 1 is 1.18 bits per heavy atom. The van der Waals surface area contributed by atoms with E-state index < -0.39 is 5.97 Å². The number of hydrogen-bond donors (Lipinski definition) is 1. The molecule has 1 unspecified atom stereocenters. The summed E-state index contributed by atoms with van der Waals surface area (Å²) < 4.78 is 21.6. The zero-order chi connectivity index (χ0) is 22.9. The molecule has 2 aliphatic rings. The SMILES string of the molecule is COc1ccc(F)c(-n2nc(/C=C/c3cccc(C(CC(=O)O)C4CC4)c3)cc2C2CC2)c1. The van der Waals surface area contributed by atoms with Crippen LogP contribution in [0.4, 0.5) is 4.39 Å². The highest BCUT2D eigenvalue weighted by Gasteiger charge is 2.33. The van der Waals surface area contributed by atoms with Gasteiger partial charge in [-0.05, 0) is 72.9 Å². The van der Waals surface area contributed by atoms with Crippen molar-refractivity contribution in [2.75, 3.05) is 7.11 Å². The molecule has 1 N–H and O–H groups in total. The van der Waals surface area contributed by atoms with Gasteiger partial charge in [0.25, 0.3) is 0 Å². The quantitative estimate of drug-likeness (QED) is 0.435. The van der Waals surface area contributed by atoms with Gasteiger partial charge in [-0.3, -0.25) is 4.79 Å². The van der Waals surface area contributed by atoms with Gasteiger partial charge in [0.05, 0.1) is 19.2 Å². The lowest BCUT2D eigenvalue weighted by atomic mass is 9.90. The lowest BCUT2D eigenvalue weighted by Gasteiger charge is -2.14. The summed E-state index contributed by atoms with van der Waals surface area (Å²) in [6.45, 7) is 0. The van der Waals surface area contributed by atoms with Crippen molar-refractivity contribution in [1.29, 1.82) is 0 Å². The topological polar surface area (TPSA) is 64.4 Å². The maximum absolute atomic E-state index is 14.6. The van der Waals surface area contributed by atoms with E-state index in [0.29, 0.717) is 23.3 Å². The minimum atomic E-state index is -0.754. The first-order valence-corrected chi connectivity index (χ1v) is 11.5. The summed E-state index contributed by atoms with van der Waals surface area (Å²) in [6, 6.07) is 14.8. The van der Waals surface area contributed by atoms with Crippen LogP contribution in [0.1, 0.15) is 66.5 Å². The first kappa shape index (κ1) is 21.4. The number of carbonyl (C=O) groups is 1. The summed E-state index contributed by atoms with van der Waals surface area (Å²) >= 11 is 0. The molecule has 6 heteroatoms. The van der Waals surface area contributed by atoms with E-state index in [1.165, 1.54) is 6.07 Å². The van der Waals surface area contributed by atoms with E-state index in [4.69, 9.17) is 4.74 Å². The van der Waals surface area contributed by atoms with Crippen molar-refractivity contribution in [1.82, 2.24) is 9.78 Å². The molecular formula is C27H27FN2O3. The Bertz CT molecular complexity index is 1210. The third kappa shape index (κ3) is 4.85. The third-order valence-corrected chi connectivity index (χ3v) is 6.50. The normalized spacial score (nSPS) is 16.8. The smallest absolute Gasteiger partial charge is 0.303 e. The van der Waals surface area contributed by atoms with Gasteiger partial charge in [-0.25, -0.2) is 9.07 Å². The Morgan fingerprint density at radius 3 is 2.70 bits per heavy atom. The second kappa shape index (κ2) is 8.85. The van der Waals surface area contributed by atoms with Gasteiger partial charge in [-0.15, -0.1) is 0 Å². The van der Waals surface area contributed by atoms with Gasteiger partial charge < -0.3 is 9.84 Å². The van der Waals surface area contributed by atoms with Gasteiger partial charge in [0.1, 0.15) is 17.3 Å². The number of methoxy groups -OCH3 is 1. The van der Waals surface area contributed by atoms with Crippen molar-refractivity contribution in [3.8, 4) is 11.4 Å². The lowest BCUT2D eigenvalue weighted by molar-refractivity contribution is -0.137. The van der Waals surface area contributed by atoms with Crippen molar-refractivity contribution in [3.05, 3.63) is 76.9 Å². The second-order valence-electron chi connectivity index (χ2n) is 9.04. The molecule has 5 nitrogen and oxygen atoms in total. The van der Waals surface area contributed by atoms with Crippen molar-refractivity contribution < 1.29 is 19.0 Å². The summed E-state index contributed by atoms with van der Waals surface area (Å²) in [7, 11) is 1.56. The highest BCUT2D eigenvalue weighted by molar-refractivity contribution is 5.70. The number of carboxylic acids is 1. The number of carboxylic acid groups (broad SMARTS) is 1. The molecule has 170 valence electrons. The van der Waals surface area contributed by atoms with E-state index in [1.54, 1.807) is 23.9 Å². The Morgan fingerprint density at radius 2 is 2.00 bits per heavy atom. The summed E-state index contributed by atoms with van der Waals surface area (Å²) in [6.07, 6.45) is 8.44. The van der Waals surface area contributed by atoms with Crippen molar-refractivity contribution >= 4 is 18.1 Å². The predicted molar refractivity (Wildman–Crippen MR) is 125 cm³/mol. The van der Waals surface area contributed by atoms with Crippen LogP contribution in [-0.2, 0) is 4.79 Å². The van der Waals surface area contributed by atoms with Gasteiger partial charge in [0.15, 0.2) is 0 Å². The molecule has 33 heavy (non-hydrogen) atoms. The van der Waals surface area contributed by atoms with Crippen LogP contribution in [0.5, 0.6) is 5.75 Å². The summed E-state index contributed by atoms with van der Waals surface area (Å²) in [5, 5.41) is 14.0. The first-order chi connectivity index (χ1) is 16.0. The number of ether oxygens (including phenoxy) is 1. The van der Waals surface area contributed by atoms with Crippen LogP contribution in [0.3, 0.4) is 0 Å². The van der Waals surface area contributed by atoms with Crippen molar-refractivity contribution in [2.24, 2.45) is 5.92 Å². The zero-order valence-electron chi connectivity index (χ0n) is 18.6. The average molecular weight is 447 g/mol. The van der Waals surface area contributed by atoms with Crippen LogP contribution < -0.4 is 4.74 Å². The maximum Gasteiger partial charge on any atom is 0.303 e. The van der Waals surface area contributed by atoms with Crippen LogP contribution in [0.2, 0.25) is 0 Å². The zero-order valence-corrected chi connectivity index (χ0v) is 18.6. The number of benzene rings is 2. The number of nitrogens with zero attached hydrogens (tertiary/aromatic N) is 2. The van der Waals surface area contributed by atoms with Gasteiger partial charge in [0.2, 0.25) is 0 Å². The van der Waals surface area contributed by atoms with E-state index in [9.17, 15) is 14.3 Å². The molecule has 0 amide bonds. The van der Waals surface area contributed by atoms with E-state index in [1.807, 2.05) is 36.4 Å². The number of aliphatic carboxylic acids is 1. The lowest BCUT2D eigenvalue weighted by Crippen LogP contribution is -2.08. The number of aromatic nitrogens is 2. The first-order valence-electron chi connectivity index (χ1n) is 11.5. The van der Waals surface area contributed by atoms with E-state index in [-0.39, 0.29) is 18.2 Å². The Balaban J connectivity index is 1.43. The summed E-state index contributed by atoms with van der Waals surface area (Å²) in [4.78, 5) is 11.3. The number of halogens is 1. The van der Waals surface area contributed by atoms with Crippen molar-refractivity contribution in [3.63, 3.8) is 0 Å². The highest BCUT2D eigenvalue weighted by atomic mass is 19.1. The maximum atomic E-state index is 14.6. The summed E-state index contributed by atoms with van der Waals surface area (Å²) in [5.41, 5.74) is 4.22. The highest BCUT2D eigenvalue weighted by Crippen LogP contribution is 2.45. The molecule has 1 atom stereocenters. The van der Waals surface area contributed by atoms with E-state index in [0.717, 1.165) is 48.2 Å². The largest absolute Gasteiger partial charge is 0.497 e. The van der Waals surface area contributed by atoms with Crippen LogP contribution in [0, 0.1) is 11.7 Å². The van der Waals surface area contributed by atoms with Crippen LogP contribution >= 0.6 is 0 Å². The fourth-order valence-corrected chi connectivity index (χ4v) is 4.46. The molecule has 0 saturated heterocycles. The monoisotopic (exact) mass is 446 g/mol. The molecular weight excluding hydrogens is 419 g/mol. The minimum absolute atomic E-state index is 0.0626. The molecule has 2 aliphatic carbocycles. The molecule has 2 aromatic carbocycles. The van der Waals surface area contributed by atoms with Gasteiger partial charge in [-0.1, -0.05) is 30.3 Å². The predicted octanol–water partition coefficient (Wildman–Crippen LogP) is 6.04. The molecule has 1 aromatic heterocycles. The second-order valence-corrected chi connectivity index (χ2v) is 9.04. The van der Waals surface area contributed by atoms with Gasteiger partial charge in [-0.2, -0.15) is 5.10 Å². The molecule has 0 bridgehead atoms. The minimum Gasteiger partial charge on any atom is -0.497 e. The standard InChI is InChI=1S/C27H27FN2O3/c1-33-22-11-12-24(28)26(15-22)30-25(19-8-9-19)14-21(29-30)10-5-17-3-2-4-20(13-17)23(16-27(31)32)18-6-7-18/h2-5,10-15,18-19,23H,6-9,16H2,1H3,(H,31,32)/b10-5+. The van der Waals surface area contributed by atoms with Crippen molar-refractivity contribution in [2.45, 2.75) is 43.9 Å². The van der Waals surface area contributed by atoms with Crippen LogP contribution in [-0.4, -0.2) is 28.0 Å². The number of hydrogen-bond acceptors (Lipinski definition) is 3. The van der Waals surface area contributed by atoms with Crippen LogP contribution in [0.25, 0.3) is 17.8 Å². The van der Waals surface area contributed by atoms with Crippen LogP contribution in [0.15, 0.2) is 48.5 Å². The molecule has 0 radical (unpaired) electrons. The third-order valence-electron chi connectivity index (χ3n) is 6.50. The molecule has 3 aromatic rings. The molecule has 0 aliphatic heterocycles. The number of rotatable bonds is 9. The van der Waals surface area contributed by atoms with Gasteiger partial charge in [0, 0.05) is 17.7 Å². The molecule has 2 saturated carbocycles. The fourth-order valence-electron chi connectivity index (χ4n) is 4.46. The molecule has 5 rings (SSSR count). The summed E-state index contributed by atoms with van der Waals surface area (Å²) in [5.74, 6) is 0.417. The Hall–Kier alpha value is -3.41.